The van der Waals surface area contributed by atoms with Crippen LogP contribution in [-0.4, -0.2) is 318 Å². The van der Waals surface area contributed by atoms with Crippen LogP contribution in [0.25, 0.3) is 0 Å². The van der Waals surface area contributed by atoms with Gasteiger partial charge in [-0.1, -0.05) is 12.2 Å². The third kappa shape index (κ3) is 54.4. The third-order valence-electron chi connectivity index (χ3n) is 2.91. The Morgan fingerprint density at radius 1 is 0.465 bits per heavy atom. The van der Waals surface area contributed by atoms with Gasteiger partial charge in [-0.3, -0.25) is 9.59 Å². The molecule has 0 amide bonds. The van der Waals surface area contributed by atoms with Gasteiger partial charge in [0, 0.05) is 162 Å². The van der Waals surface area contributed by atoms with Gasteiger partial charge in [-0.15, -0.1) is 0 Å². The molecule has 26 nitrogen and oxygen atoms in total. The van der Waals surface area contributed by atoms with E-state index in [-0.39, 0.29) is 203 Å². The van der Waals surface area contributed by atoms with Crippen molar-refractivity contribution in [2.45, 2.75) is 48.8 Å². The number of carbonyl (C=O) groups is 2. The van der Waals surface area contributed by atoms with Gasteiger partial charge in [-0.25, -0.2) is 0 Å². The van der Waals surface area contributed by atoms with Crippen molar-refractivity contribution in [2.24, 2.45) is 0 Å². The van der Waals surface area contributed by atoms with Crippen molar-refractivity contribution in [1.29, 1.82) is 0 Å². The molecule has 0 aromatic rings. The fourth-order valence-electron chi connectivity index (χ4n) is 1.30. The third-order valence-corrected chi connectivity index (χ3v) is 2.91. The van der Waals surface area contributed by atoms with Crippen molar-refractivity contribution in [3.8, 4) is 0 Å². The molecular weight excluding hydrogens is 873 g/mol. The topological polar surface area (TPSA) is 666 Å². The van der Waals surface area contributed by atoms with Gasteiger partial charge in [0.25, 0.3) is 11.9 Å². The van der Waals surface area contributed by atoms with E-state index in [1.807, 2.05) is 0 Å². The number of aliphatic hydroxyl groups excluding tert-OH is 6. The molecule has 0 aliphatic rings. The Labute approximate surface area is 344 Å². The van der Waals surface area contributed by atoms with E-state index in [0.717, 1.165) is 0 Å². The van der Waals surface area contributed by atoms with Crippen molar-refractivity contribution >= 4 is 149 Å². The summed E-state index contributed by atoms with van der Waals surface area (Å²) in [4.78, 5) is 20.0. The van der Waals surface area contributed by atoms with E-state index in [9.17, 15) is 30.0 Å². The normalized spacial score (nSPS) is 12.3. The van der Waals surface area contributed by atoms with Gasteiger partial charge < -0.3 is 127 Å². The summed E-state index contributed by atoms with van der Waals surface area (Å²) in [6.45, 7) is -1.87. The Balaban J connectivity index is -0.0000000113. The first kappa shape index (κ1) is 128. The largest absolute Gasteiger partial charge is 0.848 e. The summed E-state index contributed by atoms with van der Waals surface area (Å²) in [5, 5.41) is 110. The summed E-state index contributed by atoms with van der Waals surface area (Å²) in [5.74, 6) is -3.75. The maximum Gasteiger partial charge on any atom is 0.292 e. The minimum absolute atomic E-state index is 0. The van der Waals surface area contributed by atoms with Crippen LogP contribution in [0.2, 0.25) is 0 Å². The standard InChI is InChI=1S/2C6H10O7.3Na.12H2O.2Sb/c2*7-1-2(8)3(9)4(10)5(11)6(12)13;;;;;;;;;;;;;;;;;/h2*2-5,7-8,10H,1H2,(H,12,13);;;;12*1H2;;/q2*-2;;;;;;;;;;;;;;;;;/t2*2-,3-,4+,5-;;;;;;;;;;;;;;;;;/m11................./s1. The van der Waals surface area contributed by atoms with E-state index in [4.69, 9.17) is 40.9 Å². The van der Waals surface area contributed by atoms with Crippen molar-refractivity contribution in [1.82, 2.24) is 0 Å². The first-order chi connectivity index (χ1) is 11.8. The van der Waals surface area contributed by atoms with E-state index < -0.39 is 74.0 Å². The number of carboxylic acids is 2. The van der Waals surface area contributed by atoms with Crippen LogP contribution >= 0.6 is 0 Å². The Morgan fingerprint density at radius 3 is 0.698 bits per heavy atom. The zero-order valence-corrected chi connectivity index (χ0v) is 34.1. The van der Waals surface area contributed by atoms with Crippen LogP contribution in [0.3, 0.4) is 0 Å². The Morgan fingerprint density at radius 2 is 0.605 bits per heavy atom. The molecule has 8 atom stereocenters. The molecule has 0 heterocycles. The molecule has 0 aromatic carbocycles. The van der Waals surface area contributed by atoms with E-state index in [1.165, 1.54) is 0 Å². The summed E-state index contributed by atoms with van der Waals surface area (Å²) in [6, 6.07) is 0. The van der Waals surface area contributed by atoms with Crippen molar-refractivity contribution in [3.05, 3.63) is 0 Å². The van der Waals surface area contributed by atoms with Gasteiger partial charge in [-0.2, -0.15) is 0 Å². The molecule has 0 bridgehead atoms. The summed E-state index contributed by atoms with van der Waals surface area (Å²) in [6.07, 6.45) is -17.7. The molecule has 43 heavy (non-hydrogen) atoms. The van der Waals surface area contributed by atoms with Crippen LogP contribution < -0.4 is 20.4 Å². The average Bonchev–Trinajstić information content (AvgIpc) is 2.62. The van der Waals surface area contributed by atoms with Crippen LogP contribution in [0.1, 0.15) is 0 Å². The molecule has 0 rings (SSSR count). The van der Waals surface area contributed by atoms with Gasteiger partial charge in [0.2, 0.25) is 0 Å². The van der Waals surface area contributed by atoms with E-state index in [2.05, 4.69) is 0 Å². The van der Waals surface area contributed by atoms with Crippen LogP contribution in [0.4, 0.5) is 0 Å². The second kappa shape index (κ2) is 70.9. The van der Waals surface area contributed by atoms with Crippen molar-refractivity contribution in [3.63, 3.8) is 0 Å². The predicted octanol–water partition coefficient (Wildman–Crippen LogP) is -21.3. The SMILES string of the molecule is O.O.O.O.O.O.O.O.O.O.O.O.O=C(O)[C@H]([O-])[C@@H](O)[C@H]([O-])[C@H](O)CO.O=C(O)[C@H]([O-])[C@@H](O)[C@H]([O-])[C@H](O)CO.[Na].[Na].[Na].[Sb].[Sb]. The Bertz CT molecular complexity index is 414. The molecule has 0 aromatic heterocycles. The number of hydrogen-bond donors (Lipinski definition) is 8. The number of rotatable bonds is 10. The second-order valence-electron chi connectivity index (χ2n) is 4.93. The molecular formula is C12H44Na3O26Sb2-4. The first-order valence-corrected chi connectivity index (χ1v) is 6.86. The van der Waals surface area contributed by atoms with Crippen LogP contribution in [0.15, 0.2) is 0 Å². The van der Waals surface area contributed by atoms with E-state index in [0.29, 0.717) is 0 Å². The van der Waals surface area contributed by atoms with E-state index >= 15 is 0 Å². The zero-order chi connectivity index (χ0) is 21.2. The number of hydrogen-bond acceptors (Lipinski definition) is 12. The average molecular weight is 917 g/mol. The minimum Gasteiger partial charge on any atom is -0.848 e. The smallest absolute Gasteiger partial charge is 0.292 e. The van der Waals surface area contributed by atoms with Crippen LogP contribution in [0.5, 0.6) is 0 Å². The molecule has 0 spiro atoms. The first-order valence-electron chi connectivity index (χ1n) is 6.86. The fraction of sp³-hybridized carbons (Fsp3) is 0.833. The van der Waals surface area contributed by atoms with Gasteiger partial charge in [0.05, 0.1) is 25.4 Å². The van der Waals surface area contributed by atoms with Gasteiger partial charge in [0.1, 0.15) is 0 Å². The predicted molar refractivity (Wildman–Crippen MR) is 141 cm³/mol. The van der Waals surface area contributed by atoms with Crippen molar-refractivity contribution < 1.29 is 137 Å². The van der Waals surface area contributed by atoms with Gasteiger partial charge in [0.15, 0.2) is 0 Å². The maximum absolute atomic E-state index is 10.8. The molecule has 31 heteroatoms. The molecule has 32 N–H and O–H groups in total. The summed E-state index contributed by atoms with van der Waals surface area (Å²) < 4.78 is 0. The molecule has 0 aliphatic heterocycles. The number of aliphatic hydroxyl groups is 6. The molecule has 265 valence electrons. The van der Waals surface area contributed by atoms with Gasteiger partial charge in [-0.05, 0) is 0 Å². The molecule has 0 aliphatic carbocycles. The van der Waals surface area contributed by atoms with E-state index in [1.54, 1.807) is 0 Å². The summed E-state index contributed by atoms with van der Waals surface area (Å²) in [7, 11) is 0. The quantitative estimate of drug-likeness (QED) is 0.0944. The zero-order valence-electron chi connectivity index (χ0n) is 23.0. The van der Waals surface area contributed by atoms with Crippen LogP contribution in [-0.2, 0) is 9.59 Å². The number of aliphatic carboxylic acids is 2. The minimum atomic E-state index is -2.51. The molecule has 0 saturated carbocycles. The maximum atomic E-state index is 10.8. The van der Waals surface area contributed by atoms with Gasteiger partial charge >= 0.3 is 0 Å². The Hall–Kier alpha value is 2.70. The molecule has 9 radical (unpaired) electrons. The molecule has 0 fully saturated rings. The molecule has 0 unspecified atom stereocenters. The monoisotopic (exact) mass is 915 g/mol. The molecule has 0 saturated heterocycles. The summed E-state index contributed by atoms with van der Waals surface area (Å²) in [5.41, 5.74) is 0. The summed E-state index contributed by atoms with van der Waals surface area (Å²) >= 11 is 0. The second-order valence-corrected chi connectivity index (χ2v) is 4.93. The fourth-order valence-corrected chi connectivity index (χ4v) is 1.30. The van der Waals surface area contributed by atoms with Crippen LogP contribution in [0, 0.1) is 0 Å². The number of carboxylic acid groups (broad SMARTS) is 2. The van der Waals surface area contributed by atoms with Crippen molar-refractivity contribution in [2.75, 3.05) is 13.2 Å². The Kier molecular flexibility index (Phi) is 211.